The number of hydrogen-bond donors (Lipinski definition) is 0. The molecule has 0 aromatic rings. The maximum atomic E-state index is 12.1. The molecule has 0 saturated heterocycles. The predicted molar refractivity (Wildman–Crippen MR) is 28.3 cm³/mol. The highest BCUT2D eigenvalue weighted by atomic mass is 19.4. The largest absolute Gasteiger partial charge is 0.471 e. The normalized spacial score (nSPS) is 13.8. The predicted octanol–water partition coefficient (Wildman–Crippen LogP) is 2.28. The highest BCUT2D eigenvalue weighted by Crippen LogP contribution is 2.29. The lowest BCUT2D eigenvalue weighted by Crippen LogP contribution is -2.16. The summed E-state index contributed by atoms with van der Waals surface area (Å²) in [6, 6.07) is -2.00. The molecule has 2 nitrogen and oxygen atoms in total. The van der Waals surface area contributed by atoms with Gasteiger partial charge in [-0.1, -0.05) is 0 Å². The molecule has 0 atom stereocenters. The number of halogens is 5. The molecular formula is C5H5F5O2. The quantitative estimate of drug-likeness (QED) is 0.504. The molecule has 72 valence electrons. The minimum absolute atomic E-state index is 0.669. The molecule has 0 N–H and O–H groups in total. The standard InChI is InChI=1S/C5H5F5O2/c1-11-4(7)3(12-2-6)5(8,9)10/h2H2,1H3. The Labute approximate surface area is 64.6 Å². The van der Waals surface area contributed by atoms with E-state index in [1.807, 2.05) is 0 Å². The Bertz CT molecular complexity index is 173. The van der Waals surface area contributed by atoms with Gasteiger partial charge in [0.25, 0.3) is 5.76 Å². The highest BCUT2D eigenvalue weighted by Gasteiger charge is 2.40. The maximum Gasteiger partial charge on any atom is 0.455 e. The Morgan fingerprint density at radius 1 is 1.33 bits per heavy atom. The van der Waals surface area contributed by atoms with Gasteiger partial charge in [0.2, 0.25) is 6.86 Å². The van der Waals surface area contributed by atoms with Crippen molar-refractivity contribution in [2.24, 2.45) is 0 Å². The van der Waals surface area contributed by atoms with Crippen LogP contribution in [0, 0.1) is 0 Å². The number of ether oxygens (including phenoxy) is 2. The molecule has 0 fully saturated rings. The van der Waals surface area contributed by atoms with E-state index in [1.54, 1.807) is 0 Å². The summed E-state index contributed by atoms with van der Waals surface area (Å²) in [6.07, 6.45) is -5.09. The molecule has 0 amide bonds. The van der Waals surface area contributed by atoms with E-state index in [9.17, 15) is 22.0 Å². The van der Waals surface area contributed by atoms with Crippen LogP contribution in [0.15, 0.2) is 11.8 Å². The van der Waals surface area contributed by atoms with Crippen LogP contribution in [0.5, 0.6) is 0 Å². The van der Waals surface area contributed by atoms with Gasteiger partial charge in [-0.05, 0) is 0 Å². The third-order valence-corrected chi connectivity index (χ3v) is 0.814. The molecule has 0 spiro atoms. The lowest BCUT2D eigenvalue weighted by molar-refractivity contribution is -0.146. The van der Waals surface area contributed by atoms with Crippen LogP contribution in [0.3, 0.4) is 0 Å². The number of allylic oxidation sites excluding steroid dienone is 1. The average molecular weight is 192 g/mol. The lowest BCUT2D eigenvalue weighted by Gasteiger charge is -2.10. The zero-order chi connectivity index (χ0) is 9.78. The van der Waals surface area contributed by atoms with Crippen molar-refractivity contribution in [3.8, 4) is 0 Å². The van der Waals surface area contributed by atoms with E-state index in [0.29, 0.717) is 7.11 Å². The first-order chi connectivity index (χ1) is 5.43. The molecule has 0 radical (unpaired) electrons. The fourth-order valence-corrected chi connectivity index (χ4v) is 0.397. The second kappa shape index (κ2) is 4.13. The van der Waals surface area contributed by atoms with Crippen LogP contribution >= 0.6 is 0 Å². The van der Waals surface area contributed by atoms with E-state index in [2.05, 4.69) is 9.47 Å². The average Bonchev–Trinajstić information content (AvgIpc) is 1.96. The minimum Gasteiger partial charge on any atom is -0.471 e. The second-order valence-corrected chi connectivity index (χ2v) is 1.56. The van der Waals surface area contributed by atoms with Crippen molar-refractivity contribution in [2.45, 2.75) is 6.18 Å². The van der Waals surface area contributed by atoms with Crippen LogP contribution in [0.2, 0.25) is 0 Å². The van der Waals surface area contributed by atoms with Gasteiger partial charge < -0.3 is 9.47 Å². The van der Waals surface area contributed by atoms with E-state index < -0.39 is 24.8 Å². The highest BCUT2D eigenvalue weighted by molar-refractivity contribution is 5.01. The van der Waals surface area contributed by atoms with Crippen molar-refractivity contribution in [3.05, 3.63) is 11.8 Å². The molecule has 0 aliphatic heterocycles. The monoisotopic (exact) mass is 192 g/mol. The number of hydrogen-bond acceptors (Lipinski definition) is 2. The lowest BCUT2D eigenvalue weighted by atomic mass is 10.5. The summed E-state index contributed by atoms with van der Waals surface area (Å²) in [5, 5.41) is 0. The third kappa shape index (κ3) is 2.93. The molecule has 0 saturated carbocycles. The minimum atomic E-state index is -5.09. The Balaban J connectivity index is 4.66. The molecule has 0 aliphatic rings. The molecule has 12 heavy (non-hydrogen) atoms. The summed E-state index contributed by atoms with van der Waals surface area (Å²) in [5.41, 5.74) is 0. The van der Waals surface area contributed by atoms with Crippen molar-refractivity contribution >= 4 is 0 Å². The summed E-state index contributed by atoms with van der Waals surface area (Å²) in [4.78, 5) is 0. The van der Waals surface area contributed by atoms with E-state index in [0.717, 1.165) is 0 Å². The summed E-state index contributed by atoms with van der Waals surface area (Å²) in [7, 11) is 0.669. The molecule has 0 bridgehead atoms. The smallest absolute Gasteiger partial charge is 0.455 e. The molecule has 7 heteroatoms. The zero-order valence-corrected chi connectivity index (χ0v) is 5.91. The van der Waals surface area contributed by atoms with Crippen LogP contribution in [0.25, 0.3) is 0 Å². The Hall–Kier alpha value is -1.01. The van der Waals surface area contributed by atoms with Gasteiger partial charge in [-0.25, -0.2) is 4.39 Å². The van der Waals surface area contributed by atoms with E-state index in [-0.39, 0.29) is 0 Å². The summed E-state index contributed by atoms with van der Waals surface area (Å²) < 4.78 is 65.4. The number of methoxy groups -OCH3 is 1. The van der Waals surface area contributed by atoms with Gasteiger partial charge in [-0.3, -0.25) is 0 Å². The van der Waals surface area contributed by atoms with Gasteiger partial charge in [0.1, 0.15) is 0 Å². The molecule has 0 aliphatic carbocycles. The molecule has 0 rings (SSSR count). The number of alkyl halides is 4. The van der Waals surface area contributed by atoms with E-state index in [4.69, 9.17) is 0 Å². The topological polar surface area (TPSA) is 18.5 Å². The SMILES string of the molecule is COC(F)=C(OCF)C(F)(F)F. The van der Waals surface area contributed by atoms with Gasteiger partial charge in [-0.2, -0.15) is 17.6 Å². The van der Waals surface area contributed by atoms with Crippen LogP contribution in [-0.2, 0) is 9.47 Å². The van der Waals surface area contributed by atoms with Crippen LogP contribution < -0.4 is 0 Å². The first kappa shape index (κ1) is 11.0. The van der Waals surface area contributed by atoms with Gasteiger partial charge >= 0.3 is 12.2 Å². The molecule has 0 aromatic heterocycles. The van der Waals surface area contributed by atoms with Gasteiger partial charge in [-0.15, -0.1) is 0 Å². The molecule has 0 aromatic carbocycles. The third-order valence-electron chi connectivity index (χ3n) is 0.814. The first-order valence-electron chi connectivity index (χ1n) is 2.63. The molecule has 0 heterocycles. The Morgan fingerprint density at radius 3 is 2.08 bits per heavy atom. The number of rotatable bonds is 3. The van der Waals surface area contributed by atoms with E-state index in [1.165, 1.54) is 0 Å². The van der Waals surface area contributed by atoms with Crippen molar-refractivity contribution in [3.63, 3.8) is 0 Å². The van der Waals surface area contributed by atoms with Crippen molar-refractivity contribution in [1.29, 1.82) is 0 Å². The molecule has 0 unspecified atom stereocenters. The molecular weight excluding hydrogens is 187 g/mol. The summed E-state index contributed by atoms with van der Waals surface area (Å²) in [6.45, 7) is -1.77. The Kier molecular flexibility index (Phi) is 3.78. The van der Waals surface area contributed by atoms with Crippen LogP contribution in [0.1, 0.15) is 0 Å². The van der Waals surface area contributed by atoms with Crippen molar-refractivity contribution in [2.75, 3.05) is 14.0 Å². The second-order valence-electron chi connectivity index (χ2n) is 1.56. The maximum absolute atomic E-state index is 12.1. The van der Waals surface area contributed by atoms with Crippen LogP contribution in [0.4, 0.5) is 22.0 Å². The van der Waals surface area contributed by atoms with E-state index >= 15 is 0 Å². The van der Waals surface area contributed by atoms with Gasteiger partial charge in [0.15, 0.2) is 0 Å². The van der Waals surface area contributed by atoms with Crippen molar-refractivity contribution in [1.82, 2.24) is 0 Å². The first-order valence-corrected chi connectivity index (χ1v) is 2.63. The zero-order valence-electron chi connectivity index (χ0n) is 5.91. The Morgan fingerprint density at radius 2 is 1.83 bits per heavy atom. The summed E-state index contributed by atoms with van der Waals surface area (Å²) in [5.74, 6) is -2.10. The van der Waals surface area contributed by atoms with Gasteiger partial charge in [0.05, 0.1) is 7.11 Å². The summed E-state index contributed by atoms with van der Waals surface area (Å²) >= 11 is 0. The van der Waals surface area contributed by atoms with Gasteiger partial charge in [0, 0.05) is 0 Å². The fraction of sp³-hybridized carbons (Fsp3) is 0.600. The van der Waals surface area contributed by atoms with Crippen LogP contribution in [-0.4, -0.2) is 20.1 Å². The fourth-order valence-electron chi connectivity index (χ4n) is 0.397. The van der Waals surface area contributed by atoms with Crippen molar-refractivity contribution < 1.29 is 31.4 Å².